The predicted octanol–water partition coefficient (Wildman–Crippen LogP) is 3.72. The molecule has 0 aliphatic heterocycles. The molecule has 2 aliphatic carbocycles. The first-order valence-electron chi connectivity index (χ1n) is 8.70. The van der Waals surface area contributed by atoms with Gasteiger partial charge in [-0.05, 0) is 44.1 Å². The van der Waals surface area contributed by atoms with Crippen LogP contribution >= 0.6 is 11.3 Å². The molecule has 0 bridgehead atoms. The Morgan fingerprint density at radius 2 is 1.79 bits per heavy atom. The Hall–Kier alpha value is -1.87. The van der Waals surface area contributed by atoms with Gasteiger partial charge in [0.15, 0.2) is 0 Å². The topological polar surface area (TPSA) is 90.2 Å². The van der Waals surface area contributed by atoms with Gasteiger partial charge in [-0.2, -0.15) is 5.26 Å². The lowest BCUT2D eigenvalue weighted by atomic mass is 9.79. The number of nitrogens with zero attached hydrogens (tertiary/aromatic N) is 1. The number of nitrogens with one attached hydrogen (secondary N) is 1. The second-order valence-corrected chi connectivity index (χ2v) is 7.81. The number of nitriles is 1. The predicted molar refractivity (Wildman–Crippen MR) is 92.0 cm³/mol. The van der Waals surface area contributed by atoms with E-state index in [1.807, 2.05) is 0 Å². The molecule has 2 aliphatic rings. The van der Waals surface area contributed by atoms with E-state index in [0.29, 0.717) is 23.4 Å². The van der Waals surface area contributed by atoms with Crippen LogP contribution < -0.4 is 5.32 Å². The van der Waals surface area contributed by atoms with Crippen molar-refractivity contribution in [2.75, 3.05) is 5.32 Å². The number of anilines is 1. The van der Waals surface area contributed by atoms with E-state index in [1.54, 1.807) is 0 Å². The summed E-state index contributed by atoms with van der Waals surface area (Å²) in [5.74, 6) is -2.24. The molecule has 1 heterocycles. The van der Waals surface area contributed by atoms with Crippen LogP contribution in [0.5, 0.6) is 0 Å². The molecule has 1 saturated carbocycles. The number of aryl methyl sites for hydroxylation is 1. The zero-order valence-corrected chi connectivity index (χ0v) is 14.5. The molecule has 1 amide bonds. The Balaban J connectivity index is 1.81. The highest BCUT2D eigenvalue weighted by Gasteiger charge is 2.36. The highest BCUT2D eigenvalue weighted by molar-refractivity contribution is 7.16. The highest BCUT2D eigenvalue weighted by Crippen LogP contribution is 2.38. The first-order chi connectivity index (χ1) is 11.6. The van der Waals surface area contributed by atoms with Crippen LogP contribution in [0, 0.1) is 23.2 Å². The van der Waals surface area contributed by atoms with E-state index >= 15 is 0 Å². The van der Waals surface area contributed by atoms with Crippen molar-refractivity contribution in [1.82, 2.24) is 0 Å². The van der Waals surface area contributed by atoms with Gasteiger partial charge in [-0.25, -0.2) is 0 Å². The van der Waals surface area contributed by atoms with E-state index < -0.39 is 17.8 Å². The first-order valence-corrected chi connectivity index (χ1v) is 9.51. The van der Waals surface area contributed by atoms with E-state index in [0.717, 1.165) is 44.1 Å². The molecule has 2 unspecified atom stereocenters. The van der Waals surface area contributed by atoms with Gasteiger partial charge in [0.25, 0.3) is 0 Å². The van der Waals surface area contributed by atoms with Crippen molar-refractivity contribution in [2.24, 2.45) is 11.8 Å². The van der Waals surface area contributed by atoms with Crippen molar-refractivity contribution >= 4 is 28.2 Å². The third kappa shape index (κ3) is 3.32. The summed E-state index contributed by atoms with van der Waals surface area (Å²) in [6.45, 7) is 0. The molecule has 0 spiro atoms. The van der Waals surface area contributed by atoms with Gasteiger partial charge >= 0.3 is 5.97 Å². The maximum absolute atomic E-state index is 12.7. The number of carboxylic acids is 1. The molecule has 128 valence electrons. The molecule has 24 heavy (non-hydrogen) atoms. The summed E-state index contributed by atoms with van der Waals surface area (Å²) in [5.41, 5.74) is 1.68. The van der Waals surface area contributed by atoms with Gasteiger partial charge < -0.3 is 10.4 Å². The highest BCUT2D eigenvalue weighted by atomic mass is 32.1. The van der Waals surface area contributed by atoms with Gasteiger partial charge in [0.1, 0.15) is 11.1 Å². The summed E-state index contributed by atoms with van der Waals surface area (Å²) in [7, 11) is 0. The number of hydrogen-bond donors (Lipinski definition) is 2. The summed E-state index contributed by atoms with van der Waals surface area (Å²) in [6.07, 6.45) is 8.14. The van der Waals surface area contributed by atoms with Gasteiger partial charge in [-0.1, -0.05) is 19.3 Å². The van der Waals surface area contributed by atoms with Crippen LogP contribution in [-0.4, -0.2) is 17.0 Å². The van der Waals surface area contributed by atoms with Crippen LogP contribution in [0.2, 0.25) is 0 Å². The summed E-state index contributed by atoms with van der Waals surface area (Å²) >= 11 is 1.50. The summed E-state index contributed by atoms with van der Waals surface area (Å²) in [4.78, 5) is 25.3. The number of aliphatic carboxylic acids is 1. The third-order valence-electron chi connectivity index (χ3n) is 5.19. The van der Waals surface area contributed by atoms with Gasteiger partial charge in [-0.3, -0.25) is 9.59 Å². The second kappa shape index (κ2) is 7.35. The zero-order chi connectivity index (χ0) is 17.1. The number of amides is 1. The molecule has 6 heteroatoms. The van der Waals surface area contributed by atoms with Crippen LogP contribution in [0.25, 0.3) is 0 Å². The molecule has 5 nitrogen and oxygen atoms in total. The maximum Gasteiger partial charge on any atom is 0.307 e. The summed E-state index contributed by atoms with van der Waals surface area (Å²) in [6, 6.07) is 2.25. The number of carbonyl (C=O) groups excluding carboxylic acids is 1. The minimum Gasteiger partial charge on any atom is -0.481 e. The molecule has 1 aromatic heterocycles. The number of hydrogen-bond acceptors (Lipinski definition) is 4. The smallest absolute Gasteiger partial charge is 0.307 e. The monoisotopic (exact) mass is 346 g/mol. The number of carboxylic acid groups (broad SMARTS) is 1. The molecular weight excluding hydrogens is 324 g/mol. The fraction of sp³-hybridized carbons (Fsp3) is 0.611. The lowest BCUT2D eigenvalue weighted by Crippen LogP contribution is -2.36. The van der Waals surface area contributed by atoms with Crippen molar-refractivity contribution in [3.63, 3.8) is 0 Å². The third-order valence-corrected chi connectivity index (χ3v) is 6.40. The van der Waals surface area contributed by atoms with Crippen molar-refractivity contribution < 1.29 is 14.7 Å². The van der Waals surface area contributed by atoms with Crippen LogP contribution in [-0.2, 0) is 22.4 Å². The molecule has 2 N–H and O–H groups in total. The van der Waals surface area contributed by atoms with E-state index in [1.165, 1.54) is 22.6 Å². The average molecular weight is 346 g/mol. The van der Waals surface area contributed by atoms with Crippen molar-refractivity contribution in [3.05, 3.63) is 16.0 Å². The molecule has 1 fully saturated rings. The Morgan fingerprint density at radius 3 is 2.50 bits per heavy atom. The second-order valence-electron chi connectivity index (χ2n) is 6.71. The molecular formula is C18H22N2O3S. The molecule has 3 rings (SSSR count). The SMILES string of the molecule is N#Cc1c(NC(=O)C2CCCCC2C(=O)O)sc2c1CCCCC2. The Kier molecular flexibility index (Phi) is 5.20. The standard InChI is InChI=1S/C18H22N2O3S/c19-10-14-11-6-2-1-3-9-15(11)24-17(14)20-16(21)12-7-4-5-8-13(12)18(22)23/h12-13H,1-9H2,(H,20,21)(H,22,23). The molecule has 1 aromatic rings. The number of fused-ring (bicyclic) bond motifs is 1. The normalized spacial score (nSPS) is 23.6. The number of carbonyl (C=O) groups is 2. The average Bonchev–Trinajstić information content (AvgIpc) is 2.74. The fourth-order valence-corrected chi connectivity index (χ4v) is 5.14. The van der Waals surface area contributed by atoms with Gasteiger partial charge in [-0.15, -0.1) is 11.3 Å². The fourth-order valence-electron chi connectivity index (χ4n) is 3.89. The van der Waals surface area contributed by atoms with Crippen LogP contribution in [0.15, 0.2) is 0 Å². The Morgan fingerprint density at radius 1 is 1.08 bits per heavy atom. The minimum absolute atomic E-state index is 0.241. The lowest BCUT2D eigenvalue weighted by Gasteiger charge is -2.27. The van der Waals surface area contributed by atoms with Crippen LogP contribution in [0.4, 0.5) is 5.00 Å². The van der Waals surface area contributed by atoms with E-state index in [2.05, 4.69) is 11.4 Å². The van der Waals surface area contributed by atoms with Gasteiger partial charge in [0.05, 0.1) is 17.4 Å². The summed E-state index contributed by atoms with van der Waals surface area (Å²) < 4.78 is 0. The van der Waals surface area contributed by atoms with Crippen molar-refractivity contribution in [3.8, 4) is 6.07 Å². The molecule has 0 saturated heterocycles. The van der Waals surface area contributed by atoms with Crippen LogP contribution in [0.1, 0.15) is 60.9 Å². The maximum atomic E-state index is 12.7. The summed E-state index contributed by atoms with van der Waals surface area (Å²) in [5, 5.41) is 22.4. The van der Waals surface area contributed by atoms with Crippen LogP contribution in [0.3, 0.4) is 0 Å². The van der Waals surface area contributed by atoms with E-state index in [4.69, 9.17) is 0 Å². The minimum atomic E-state index is -0.891. The van der Waals surface area contributed by atoms with E-state index in [-0.39, 0.29) is 5.91 Å². The zero-order valence-electron chi connectivity index (χ0n) is 13.6. The van der Waals surface area contributed by atoms with E-state index in [9.17, 15) is 20.0 Å². The van der Waals surface area contributed by atoms with Gasteiger partial charge in [0, 0.05) is 4.88 Å². The lowest BCUT2D eigenvalue weighted by molar-refractivity contribution is -0.147. The molecule has 2 atom stereocenters. The van der Waals surface area contributed by atoms with Crippen molar-refractivity contribution in [2.45, 2.75) is 57.8 Å². The Bertz CT molecular complexity index is 689. The van der Waals surface area contributed by atoms with Gasteiger partial charge in [0.2, 0.25) is 5.91 Å². The first kappa shape index (κ1) is 17.0. The number of thiophene rings is 1. The number of rotatable bonds is 3. The Labute approximate surface area is 145 Å². The molecule has 0 radical (unpaired) electrons. The van der Waals surface area contributed by atoms with Crippen molar-refractivity contribution in [1.29, 1.82) is 5.26 Å². The quantitative estimate of drug-likeness (QED) is 0.816. The largest absolute Gasteiger partial charge is 0.481 e. The molecule has 0 aromatic carbocycles.